The van der Waals surface area contributed by atoms with Gasteiger partial charge in [-0.3, -0.25) is 0 Å². The van der Waals surface area contributed by atoms with Crippen LogP contribution in [0.15, 0.2) is 0 Å². The van der Waals surface area contributed by atoms with Crippen LogP contribution in [0.4, 0.5) is 0 Å². The monoisotopic (exact) mass is 385 g/mol. The molecule has 0 aliphatic carbocycles. The summed E-state index contributed by atoms with van der Waals surface area (Å²) >= 11 is 0. The minimum atomic E-state index is 0.750. The van der Waals surface area contributed by atoms with Crippen molar-refractivity contribution in [1.29, 1.82) is 0 Å². The predicted molar refractivity (Wildman–Crippen MR) is 127 cm³/mol. The van der Waals surface area contributed by atoms with Crippen LogP contribution in [0.1, 0.15) is 143 Å². The molecule has 0 aliphatic heterocycles. The summed E-state index contributed by atoms with van der Waals surface area (Å²) in [5.41, 5.74) is 0. The molecule has 0 fully saturated rings. The molecule has 0 bridgehead atoms. The Bertz CT molecular complexity index is 238. The summed E-state index contributed by atoms with van der Waals surface area (Å²) in [4.78, 5) is 0. The third-order valence-corrected chi connectivity index (χ3v) is 8.36. The molecule has 0 saturated carbocycles. The van der Waals surface area contributed by atoms with Crippen molar-refractivity contribution in [2.45, 2.75) is 143 Å². The van der Waals surface area contributed by atoms with Crippen LogP contribution in [0.25, 0.3) is 0 Å². The minimum absolute atomic E-state index is 0.750. The molecule has 158 valence electrons. The lowest BCUT2D eigenvalue weighted by Gasteiger charge is -2.06. The molecule has 1 atom stereocenters. The van der Waals surface area contributed by atoms with Crippen molar-refractivity contribution < 1.29 is 0 Å². The van der Waals surface area contributed by atoms with E-state index in [9.17, 15) is 0 Å². The van der Waals surface area contributed by atoms with E-state index < -0.39 is 0 Å². The van der Waals surface area contributed by atoms with Gasteiger partial charge in [-0.15, -0.1) is 0 Å². The highest BCUT2D eigenvalue weighted by Crippen LogP contribution is 2.14. The zero-order chi connectivity index (χ0) is 19.1. The molecule has 0 radical (unpaired) electrons. The van der Waals surface area contributed by atoms with Crippen molar-refractivity contribution in [1.82, 2.24) is 0 Å². The Hall–Kier alpha value is 0.350. The molecule has 0 saturated heterocycles. The zero-order valence-electron chi connectivity index (χ0n) is 19.0. The Kier molecular flexibility index (Phi) is 23.7. The van der Waals surface area contributed by atoms with Gasteiger partial charge in [-0.05, 0) is 37.1 Å². The third kappa shape index (κ3) is 20.7. The van der Waals surface area contributed by atoms with Crippen molar-refractivity contribution >= 4 is 10.9 Å². The van der Waals surface area contributed by atoms with E-state index in [1.165, 1.54) is 139 Å². The van der Waals surface area contributed by atoms with E-state index >= 15 is 0 Å². The molecule has 1 heteroatoms. The fraction of sp³-hybridized carbons (Fsp3) is 1.00. The summed E-state index contributed by atoms with van der Waals surface area (Å²) in [5, 5.41) is 0. The maximum absolute atomic E-state index is 2.38. The molecule has 0 nitrogen and oxygen atoms in total. The number of rotatable bonds is 22. The molecule has 0 amide bonds. The summed E-state index contributed by atoms with van der Waals surface area (Å²) in [6.45, 7) is 7.02. The van der Waals surface area contributed by atoms with Gasteiger partial charge in [-0.2, -0.15) is 0 Å². The standard InChI is InChI=1S/C25H53S/c1-4-7-8-9-10-11-12-13-14-15-16-17-18-19-20-21-22-23-25-26(6-3)24-5-2/h4-25H2,1-3H3/q+1. The van der Waals surface area contributed by atoms with Crippen molar-refractivity contribution in [3.8, 4) is 0 Å². The third-order valence-electron chi connectivity index (χ3n) is 5.69. The van der Waals surface area contributed by atoms with Gasteiger partial charge in [0.25, 0.3) is 0 Å². The van der Waals surface area contributed by atoms with Gasteiger partial charge in [0.05, 0.1) is 0 Å². The van der Waals surface area contributed by atoms with Crippen LogP contribution >= 0.6 is 0 Å². The van der Waals surface area contributed by atoms with E-state index in [1.807, 2.05) is 0 Å². The molecular weight excluding hydrogens is 332 g/mol. The average Bonchev–Trinajstić information content (AvgIpc) is 2.66. The van der Waals surface area contributed by atoms with Gasteiger partial charge in [0.1, 0.15) is 17.3 Å². The summed E-state index contributed by atoms with van der Waals surface area (Å²) in [6.07, 6.45) is 28.0. The van der Waals surface area contributed by atoms with E-state index in [1.54, 1.807) is 0 Å². The van der Waals surface area contributed by atoms with Gasteiger partial charge in [-0.25, -0.2) is 0 Å². The van der Waals surface area contributed by atoms with E-state index in [-0.39, 0.29) is 0 Å². The van der Waals surface area contributed by atoms with Crippen LogP contribution in [0.5, 0.6) is 0 Å². The molecule has 0 rings (SSSR count). The maximum atomic E-state index is 2.38. The predicted octanol–water partition coefficient (Wildman–Crippen LogP) is 9.08. The van der Waals surface area contributed by atoms with Crippen LogP contribution in [0.2, 0.25) is 0 Å². The van der Waals surface area contributed by atoms with Gasteiger partial charge in [-0.1, -0.05) is 117 Å². The fourth-order valence-corrected chi connectivity index (χ4v) is 5.86. The minimum Gasteiger partial charge on any atom is -0.0654 e. The van der Waals surface area contributed by atoms with Crippen molar-refractivity contribution in [2.24, 2.45) is 0 Å². The molecule has 1 unspecified atom stereocenters. The molecule has 26 heavy (non-hydrogen) atoms. The molecule has 0 spiro atoms. The molecule has 0 heterocycles. The highest BCUT2D eigenvalue weighted by atomic mass is 32.2. The Morgan fingerprint density at radius 3 is 1.00 bits per heavy atom. The highest BCUT2D eigenvalue weighted by Gasteiger charge is 2.12. The maximum Gasteiger partial charge on any atom is 0.108 e. The van der Waals surface area contributed by atoms with Crippen molar-refractivity contribution in [2.75, 3.05) is 17.3 Å². The SMILES string of the molecule is CCCCCCCCCCCCCCCCCCCC[S+](CC)CCC. The molecule has 0 N–H and O–H groups in total. The highest BCUT2D eigenvalue weighted by molar-refractivity contribution is 7.96. The number of unbranched alkanes of at least 4 members (excludes halogenated alkanes) is 17. The smallest absolute Gasteiger partial charge is 0.0654 e. The lowest BCUT2D eigenvalue weighted by molar-refractivity contribution is 0.526. The lowest BCUT2D eigenvalue weighted by Crippen LogP contribution is -2.14. The van der Waals surface area contributed by atoms with Gasteiger partial charge in [0, 0.05) is 0 Å². The van der Waals surface area contributed by atoms with Gasteiger partial charge in [0.2, 0.25) is 0 Å². The second-order valence-corrected chi connectivity index (χ2v) is 10.9. The topological polar surface area (TPSA) is 0 Å². The van der Waals surface area contributed by atoms with Crippen molar-refractivity contribution in [3.63, 3.8) is 0 Å². The zero-order valence-corrected chi connectivity index (χ0v) is 19.8. The average molecular weight is 386 g/mol. The first-order valence-electron chi connectivity index (χ1n) is 12.5. The van der Waals surface area contributed by atoms with Crippen LogP contribution in [-0.2, 0) is 10.9 Å². The first-order valence-corrected chi connectivity index (χ1v) is 14.2. The largest absolute Gasteiger partial charge is 0.108 e. The molecular formula is C25H53S+. The summed E-state index contributed by atoms with van der Waals surface area (Å²) in [7, 11) is 0.750. The first kappa shape index (κ1) is 26.4. The molecule has 0 aliphatic rings. The second-order valence-electron chi connectivity index (χ2n) is 8.32. The lowest BCUT2D eigenvalue weighted by atomic mass is 10.0. The molecule has 0 aromatic carbocycles. The Morgan fingerprint density at radius 1 is 0.346 bits per heavy atom. The Labute approximate surface area is 171 Å². The Morgan fingerprint density at radius 2 is 0.692 bits per heavy atom. The molecule has 0 aromatic heterocycles. The van der Waals surface area contributed by atoms with E-state index in [0.717, 1.165) is 10.9 Å². The van der Waals surface area contributed by atoms with Crippen LogP contribution in [-0.4, -0.2) is 17.3 Å². The number of hydrogen-bond acceptors (Lipinski definition) is 0. The fourth-order valence-electron chi connectivity index (χ4n) is 3.89. The van der Waals surface area contributed by atoms with E-state index in [0.29, 0.717) is 0 Å². The number of hydrogen-bond donors (Lipinski definition) is 0. The van der Waals surface area contributed by atoms with E-state index in [2.05, 4.69) is 20.8 Å². The van der Waals surface area contributed by atoms with Gasteiger partial charge < -0.3 is 0 Å². The normalized spacial score (nSPS) is 12.6. The quantitative estimate of drug-likeness (QED) is 0.129. The van der Waals surface area contributed by atoms with Crippen LogP contribution < -0.4 is 0 Å². The second kappa shape index (κ2) is 23.4. The summed E-state index contributed by atoms with van der Waals surface area (Å²) in [5.74, 6) is 4.42. The first-order chi connectivity index (χ1) is 12.8. The van der Waals surface area contributed by atoms with Gasteiger partial charge >= 0.3 is 0 Å². The summed E-state index contributed by atoms with van der Waals surface area (Å²) in [6, 6.07) is 0. The van der Waals surface area contributed by atoms with Crippen LogP contribution in [0, 0.1) is 0 Å². The van der Waals surface area contributed by atoms with E-state index in [4.69, 9.17) is 0 Å². The molecule has 0 aromatic rings. The van der Waals surface area contributed by atoms with Gasteiger partial charge in [0.15, 0.2) is 0 Å². The van der Waals surface area contributed by atoms with Crippen LogP contribution in [0.3, 0.4) is 0 Å². The Balaban J connectivity index is 3.07. The van der Waals surface area contributed by atoms with Crippen molar-refractivity contribution in [3.05, 3.63) is 0 Å². The summed E-state index contributed by atoms with van der Waals surface area (Å²) < 4.78 is 0.